The van der Waals surface area contributed by atoms with E-state index in [1.807, 2.05) is 30.3 Å². The second-order valence-corrected chi connectivity index (χ2v) is 5.16. The maximum Gasteiger partial charge on any atom is 0.307 e. The van der Waals surface area contributed by atoms with Crippen LogP contribution in [0.25, 0.3) is 0 Å². The average Bonchev–Trinajstić information content (AvgIpc) is 2.50. The molecule has 2 aromatic rings. The van der Waals surface area contributed by atoms with Gasteiger partial charge < -0.3 is 14.9 Å². The minimum absolute atomic E-state index is 0.0730. The molecule has 0 radical (unpaired) electrons. The number of Topliss-reactive ketones (excluding diaryl/α,β-unsaturated/α-hetero) is 1. The Hall–Kier alpha value is -2.82. The molecule has 0 amide bonds. The fourth-order valence-electron chi connectivity index (χ4n) is 2.66. The van der Waals surface area contributed by atoms with Gasteiger partial charge in [0.25, 0.3) is 0 Å². The van der Waals surface area contributed by atoms with Crippen LogP contribution in [0.1, 0.15) is 34.0 Å². The molecule has 5 nitrogen and oxygen atoms in total. The monoisotopic (exact) mass is 298 g/mol. The zero-order valence-corrected chi connectivity index (χ0v) is 11.7. The first-order chi connectivity index (χ1) is 10.6. The van der Waals surface area contributed by atoms with Gasteiger partial charge >= 0.3 is 5.97 Å². The maximum absolute atomic E-state index is 12.4. The van der Waals surface area contributed by atoms with Crippen molar-refractivity contribution in [1.82, 2.24) is 0 Å². The van der Waals surface area contributed by atoms with Gasteiger partial charge in [0.15, 0.2) is 17.3 Å². The second kappa shape index (κ2) is 5.52. The molecule has 22 heavy (non-hydrogen) atoms. The van der Waals surface area contributed by atoms with Crippen LogP contribution >= 0.6 is 0 Å². The van der Waals surface area contributed by atoms with Crippen molar-refractivity contribution in [2.45, 2.75) is 18.9 Å². The molecule has 0 saturated carbocycles. The van der Waals surface area contributed by atoms with Crippen molar-refractivity contribution in [2.24, 2.45) is 0 Å². The fourth-order valence-corrected chi connectivity index (χ4v) is 2.66. The summed E-state index contributed by atoms with van der Waals surface area (Å²) in [6, 6.07) is 12.1. The molecule has 5 heteroatoms. The molecule has 0 aromatic heterocycles. The summed E-state index contributed by atoms with van der Waals surface area (Å²) in [6.45, 7) is 0. The summed E-state index contributed by atoms with van der Waals surface area (Å²) >= 11 is 0. The van der Waals surface area contributed by atoms with Gasteiger partial charge in [0, 0.05) is 0 Å². The number of rotatable bonds is 3. The number of hydrogen-bond acceptors (Lipinski definition) is 4. The highest BCUT2D eigenvalue weighted by Crippen LogP contribution is 2.42. The molecule has 0 fully saturated rings. The van der Waals surface area contributed by atoms with E-state index in [0.29, 0.717) is 5.56 Å². The number of ether oxygens (including phenoxy) is 1. The standard InChI is InChI=1S/C17H14O5/c18-12-7-6-11(8-15(20)21)16-13(19)9-14(22-17(12)16)10-4-2-1-3-5-10/h1-7,14,18H,8-9H2,(H,20,21)/t14-/m0/s1. The topological polar surface area (TPSA) is 83.8 Å². The molecular weight excluding hydrogens is 284 g/mol. The zero-order valence-electron chi connectivity index (χ0n) is 11.7. The van der Waals surface area contributed by atoms with Gasteiger partial charge in [-0.05, 0) is 17.2 Å². The van der Waals surface area contributed by atoms with E-state index >= 15 is 0 Å². The molecule has 0 bridgehead atoms. The highest BCUT2D eigenvalue weighted by Gasteiger charge is 2.32. The van der Waals surface area contributed by atoms with Crippen LogP contribution in [0.2, 0.25) is 0 Å². The SMILES string of the molecule is O=C(O)Cc1ccc(O)c2c1C(=O)C[C@@H](c1ccccc1)O2. The van der Waals surface area contributed by atoms with Crippen molar-refractivity contribution in [3.05, 3.63) is 59.2 Å². The molecule has 1 heterocycles. The van der Waals surface area contributed by atoms with Gasteiger partial charge in [-0.1, -0.05) is 36.4 Å². The second-order valence-electron chi connectivity index (χ2n) is 5.16. The average molecular weight is 298 g/mol. The quantitative estimate of drug-likeness (QED) is 0.910. The molecule has 0 spiro atoms. The van der Waals surface area contributed by atoms with E-state index in [9.17, 15) is 14.7 Å². The van der Waals surface area contributed by atoms with Gasteiger partial charge in [0.2, 0.25) is 0 Å². The summed E-state index contributed by atoms with van der Waals surface area (Å²) < 4.78 is 5.78. The molecule has 0 unspecified atom stereocenters. The molecule has 1 atom stereocenters. The summed E-state index contributed by atoms with van der Waals surface area (Å²) in [6.07, 6.45) is -0.645. The van der Waals surface area contributed by atoms with Crippen LogP contribution in [0.5, 0.6) is 11.5 Å². The molecule has 3 rings (SSSR count). The Kier molecular flexibility index (Phi) is 3.55. The number of carbonyl (C=O) groups excluding carboxylic acids is 1. The van der Waals surface area contributed by atoms with E-state index in [-0.39, 0.29) is 35.7 Å². The summed E-state index contributed by atoms with van der Waals surface area (Å²) in [5, 5.41) is 18.9. The van der Waals surface area contributed by atoms with E-state index in [1.54, 1.807) is 0 Å². The van der Waals surface area contributed by atoms with Crippen molar-refractivity contribution >= 4 is 11.8 Å². The van der Waals surface area contributed by atoms with Crippen LogP contribution in [0, 0.1) is 0 Å². The third kappa shape index (κ3) is 2.53. The normalized spacial score (nSPS) is 16.7. The summed E-state index contributed by atoms with van der Waals surface area (Å²) in [5.74, 6) is -1.34. The minimum Gasteiger partial charge on any atom is -0.504 e. The number of hydrogen-bond donors (Lipinski definition) is 2. The minimum atomic E-state index is -1.04. The lowest BCUT2D eigenvalue weighted by molar-refractivity contribution is -0.136. The van der Waals surface area contributed by atoms with Crippen LogP contribution < -0.4 is 4.74 Å². The first kappa shape index (κ1) is 14.1. The van der Waals surface area contributed by atoms with Crippen molar-refractivity contribution in [3.8, 4) is 11.5 Å². The number of aromatic hydroxyl groups is 1. The number of benzene rings is 2. The number of aliphatic carboxylic acids is 1. The van der Waals surface area contributed by atoms with Crippen LogP contribution in [-0.4, -0.2) is 22.0 Å². The largest absolute Gasteiger partial charge is 0.504 e. The molecule has 1 aliphatic heterocycles. The first-order valence-corrected chi connectivity index (χ1v) is 6.87. The van der Waals surface area contributed by atoms with E-state index in [0.717, 1.165) is 5.56 Å². The number of ketones is 1. The van der Waals surface area contributed by atoms with E-state index < -0.39 is 12.1 Å². The lowest BCUT2D eigenvalue weighted by atomic mass is 9.91. The highest BCUT2D eigenvalue weighted by atomic mass is 16.5. The van der Waals surface area contributed by atoms with Crippen LogP contribution in [0.4, 0.5) is 0 Å². The van der Waals surface area contributed by atoms with Gasteiger partial charge in [-0.3, -0.25) is 9.59 Å². The number of carboxylic acid groups (broad SMARTS) is 1. The highest BCUT2D eigenvalue weighted by molar-refractivity contribution is 6.03. The lowest BCUT2D eigenvalue weighted by Gasteiger charge is -2.27. The summed E-state index contributed by atoms with van der Waals surface area (Å²) in [4.78, 5) is 23.4. The van der Waals surface area contributed by atoms with E-state index in [2.05, 4.69) is 0 Å². The Morgan fingerprint density at radius 3 is 2.59 bits per heavy atom. The predicted molar refractivity (Wildman–Crippen MR) is 78.2 cm³/mol. The summed E-state index contributed by atoms with van der Waals surface area (Å²) in [5.41, 5.74) is 1.37. The zero-order chi connectivity index (χ0) is 15.7. The predicted octanol–water partition coefficient (Wildman–Crippen LogP) is 2.73. The van der Waals surface area contributed by atoms with E-state index in [4.69, 9.17) is 9.84 Å². The first-order valence-electron chi connectivity index (χ1n) is 6.87. The molecular formula is C17H14O5. The smallest absolute Gasteiger partial charge is 0.307 e. The van der Waals surface area contributed by atoms with Crippen LogP contribution in [0.15, 0.2) is 42.5 Å². The third-order valence-electron chi connectivity index (χ3n) is 3.65. The summed E-state index contributed by atoms with van der Waals surface area (Å²) in [7, 11) is 0. The van der Waals surface area contributed by atoms with Gasteiger partial charge in [0.05, 0.1) is 18.4 Å². The lowest BCUT2D eigenvalue weighted by Crippen LogP contribution is -2.22. The molecule has 0 saturated heterocycles. The number of carbonyl (C=O) groups is 2. The van der Waals surface area contributed by atoms with Crippen LogP contribution in [0.3, 0.4) is 0 Å². The Balaban J connectivity index is 2.03. The van der Waals surface area contributed by atoms with Gasteiger partial charge in [0.1, 0.15) is 6.10 Å². The molecule has 112 valence electrons. The fraction of sp³-hybridized carbons (Fsp3) is 0.176. The Morgan fingerprint density at radius 1 is 1.18 bits per heavy atom. The number of fused-ring (bicyclic) bond motifs is 1. The Labute approximate surface area is 126 Å². The number of carboxylic acids is 1. The molecule has 2 N–H and O–H groups in total. The number of phenolic OH excluding ortho intramolecular Hbond substituents is 1. The molecule has 1 aliphatic rings. The van der Waals surface area contributed by atoms with Gasteiger partial charge in [-0.25, -0.2) is 0 Å². The van der Waals surface area contributed by atoms with Gasteiger partial charge in [-0.2, -0.15) is 0 Å². The van der Waals surface area contributed by atoms with Crippen molar-refractivity contribution < 1.29 is 24.5 Å². The Morgan fingerprint density at radius 2 is 1.91 bits per heavy atom. The maximum atomic E-state index is 12.4. The van der Waals surface area contributed by atoms with Crippen molar-refractivity contribution in [1.29, 1.82) is 0 Å². The van der Waals surface area contributed by atoms with Gasteiger partial charge in [-0.15, -0.1) is 0 Å². The Bertz CT molecular complexity index is 736. The third-order valence-corrected chi connectivity index (χ3v) is 3.65. The van der Waals surface area contributed by atoms with E-state index in [1.165, 1.54) is 12.1 Å². The molecule has 2 aromatic carbocycles. The van der Waals surface area contributed by atoms with Crippen molar-refractivity contribution in [3.63, 3.8) is 0 Å². The van der Waals surface area contributed by atoms with Crippen molar-refractivity contribution in [2.75, 3.05) is 0 Å². The molecule has 0 aliphatic carbocycles. The number of phenols is 1. The van der Waals surface area contributed by atoms with Crippen LogP contribution in [-0.2, 0) is 11.2 Å².